The number of fused-ring (bicyclic) bond motifs is 4. The third-order valence-corrected chi connectivity index (χ3v) is 25.2. The van der Waals surface area contributed by atoms with Gasteiger partial charge in [0.25, 0.3) is 0 Å². The average molecular weight is 1310 g/mol. The first kappa shape index (κ1) is 70.7. The SMILES string of the molecule is CC1O[C@@H](OC2C(O)[C@@H](O)C(C)O[C@H]2OC2C(O)[C@@H](O)C(CO)O[C@H]2OC2CC(O[C@@H]3OC(CO)[C@H](O)C(O)C3O)[C@H](O[C@H]3CC[C@@]4(C)C(CC[C@]5(C)C4CC[C@]46O[C@H](O)[C@]7(C4CC(C)(C)[C@@H](O)[C@@H]7O)[C@H](O)C[C@]65C)C3(C)C)OC(C(=O)O)C2O)C(O)C(O)[C@H]1O. The molecule has 2 bridgehead atoms. The van der Waals surface area contributed by atoms with Crippen LogP contribution >= 0.6 is 0 Å². The number of carbonyl (C=O) groups is 1. The zero-order valence-corrected chi connectivity index (χ0v) is 52.8. The summed E-state index contributed by atoms with van der Waals surface area (Å²) in [6.07, 6.45) is -49.1. The van der Waals surface area contributed by atoms with Crippen LogP contribution in [-0.4, -0.2) is 301 Å². The highest BCUT2D eigenvalue weighted by Crippen LogP contribution is 2.81. The summed E-state index contributed by atoms with van der Waals surface area (Å²) < 4.78 is 68.5. The highest BCUT2D eigenvalue weighted by Gasteiger charge is 2.84. The van der Waals surface area contributed by atoms with Gasteiger partial charge in [-0.05, 0) is 98.7 Å². The van der Waals surface area contributed by atoms with Crippen molar-refractivity contribution in [2.24, 2.45) is 50.2 Å². The van der Waals surface area contributed by atoms with Crippen molar-refractivity contribution in [2.45, 2.75) is 310 Å². The number of carboxylic acid groups (broad SMARTS) is 1. The summed E-state index contributed by atoms with van der Waals surface area (Å²) in [5.41, 5.74) is -5.73. The molecular weight excluding hydrogens is 1210 g/mol. The summed E-state index contributed by atoms with van der Waals surface area (Å²) in [5.74, 6) is -2.36. The van der Waals surface area contributed by atoms with Crippen LogP contribution < -0.4 is 0 Å². The Morgan fingerprint density at radius 3 is 1.62 bits per heavy atom. The minimum Gasteiger partial charge on any atom is -0.479 e. The van der Waals surface area contributed by atoms with Gasteiger partial charge in [0, 0.05) is 17.8 Å². The Kier molecular flexibility index (Phi) is 19.4. The summed E-state index contributed by atoms with van der Waals surface area (Å²) in [6, 6.07) is 0. The van der Waals surface area contributed by atoms with E-state index in [4.69, 9.17) is 52.1 Å². The number of ether oxygens (including phenoxy) is 11. The van der Waals surface area contributed by atoms with E-state index >= 15 is 0 Å². The predicted molar refractivity (Wildman–Crippen MR) is 301 cm³/mol. The van der Waals surface area contributed by atoms with Crippen LogP contribution in [0.4, 0.5) is 0 Å². The van der Waals surface area contributed by atoms with Crippen LogP contribution in [0.2, 0.25) is 0 Å². The third-order valence-electron chi connectivity index (χ3n) is 25.2. The van der Waals surface area contributed by atoms with Crippen LogP contribution in [0.15, 0.2) is 0 Å². The van der Waals surface area contributed by atoms with Gasteiger partial charge in [0.05, 0.1) is 67.0 Å². The zero-order valence-electron chi connectivity index (χ0n) is 52.8. The Hall–Kier alpha value is -1.65. The van der Waals surface area contributed by atoms with Crippen LogP contribution in [-0.2, 0) is 56.9 Å². The first-order valence-corrected chi connectivity index (χ1v) is 32.3. The highest BCUT2D eigenvalue weighted by atomic mass is 16.8. The summed E-state index contributed by atoms with van der Waals surface area (Å²) >= 11 is 0. The smallest absolute Gasteiger partial charge is 0.335 e. The van der Waals surface area contributed by atoms with Crippen LogP contribution in [0.5, 0.6) is 0 Å². The monoisotopic (exact) mass is 1310 g/mol. The maximum Gasteiger partial charge on any atom is 0.335 e. The van der Waals surface area contributed by atoms with E-state index in [9.17, 15) is 96.7 Å². The number of aliphatic hydroxyl groups excluding tert-OH is 17. The fraction of sp³-hybridized carbons (Fsp3) is 0.984. The Bertz CT molecular complexity index is 2570. The quantitative estimate of drug-likeness (QED) is 0.0823. The van der Waals surface area contributed by atoms with Gasteiger partial charge in [-0.25, -0.2) is 4.79 Å². The normalized spacial score (nSPS) is 57.8. The highest BCUT2D eigenvalue weighted by molar-refractivity contribution is 5.73. The van der Waals surface area contributed by atoms with Crippen molar-refractivity contribution in [3.8, 4) is 0 Å². The van der Waals surface area contributed by atoms with Gasteiger partial charge in [0.1, 0.15) is 97.7 Å². The molecule has 11 rings (SSSR count). The lowest BCUT2D eigenvalue weighted by Crippen LogP contribution is -2.76. The van der Waals surface area contributed by atoms with E-state index in [1.165, 1.54) is 13.8 Å². The van der Waals surface area contributed by atoms with Crippen molar-refractivity contribution in [1.82, 2.24) is 0 Å². The number of aliphatic hydroxyl groups is 17. The van der Waals surface area contributed by atoms with E-state index in [1.807, 2.05) is 27.7 Å². The topological polar surface area (TPSA) is 483 Å². The van der Waals surface area contributed by atoms with Crippen molar-refractivity contribution < 1.29 is 149 Å². The summed E-state index contributed by atoms with van der Waals surface area (Å²) in [4.78, 5) is 13.5. The van der Waals surface area contributed by atoms with Gasteiger partial charge in [-0.1, -0.05) is 48.5 Å². The first-order chi connectivity index (χ1) is 42.4. The molecule has 0 aromatic heterocycles. The minimum atomic E-state index is -2.26. The molecule has 0 radical (unpaired) electrons. The number of hydrogen-bond donors (Lipinski definition) is 18. The van der Waals surface area contributed by atoms with Gasteiger partial charge in [-0.2, -0.15) is 0 Å². The molecule has 18 N–H and O–H groups in total. The largest absolute Gasteiger partial charge is 0.479 e. The molecule has 0 amide bonds. The van der Waals surface area contributed by atoms with E-state index in [0.29, 0.717) is 44.9 Å². The van der Waals surface area contributed by atoms with Crippen molar-refractivity contribution in [2.75, 3.05) is 13.2 Å². The molecule has 6 saturated heterocycles. The molecule has 0 aromatic carbocycles. The number of rotatable bonds is 13. The van der Waals surface area contributed by atoms with Crippen molar-refractivity contribution >= 4 is 5.97 Å². The average Bonchev–Trinajstić information content (AvgIpc) is 1.56. The second kappa shape index (κ2) is 25.0. The van der Waals surface area contributed by atoms with Gasteiger partial charge in [-0.3, -0.25) is 0 Å². The molecule has 5 aliphatic carbocycles. The molecule has 38 atom stereocenters. The Labute approximate surface area is 526 Å². The molecule has 6 heterocycles. The Morgan fingerprint density at radius 2 is 1.00 bits per heavy atom. The van der Waals surface area contributed by atoms with Gasteiger partial charge in [-0.15, -0.1) is 0 Å². The van der Waals surface area contributed by atoms with Crippen LogP contribution in [0.25, 0.3) is 0 Å². The number of carboxylic acids is 1. The molecular formula is C61H100O30. The van der Waals surface area contributed by atoms with E-state index in [1.54, 1.807) is 0 Å². The minimum absolute atomic E-state index is 0.00161. The van der Waals surface area contributed by atoms with Crippen molar-refractivity contribution in [3.63, 3.8) is 0 Å². The molecule has 11 fully saturated rings. The molecule has 19 unspecified atom stereocenters. The van der Waals surface area contributed by atoms with Crippen LogP contribution in [0.3, 0.4) is 0 Å². The second-order valence-electron chi connectivity index (χ2n) is 30.5. The van der Waals surface area contributed by atoms with E-state index in [2.05, 4.69) is 20.8 Å². The van der Waals surface area contributed by atoms with Crippen LogP contribution in [0, 0.1) is 50.2 Å². The van der Waals surface area contributed by atoms with E-state index in [0.717, 1.165) is 0 Å². The molecule has 1 spiro atoms. The molecule has 0 aromatic rings. The van der Waals surface area contributed by atoms with Crippen molar-refractivity contribution in [1.29, 1.82) is 0 Å². The number of aliphatic carboxylic acids is 1. The molecule has 30 heteroatoms. The van der Waals surface area contributed by atoms with Gasteiger partial charge in [0.15, 0.2) is 43.8 Å². The molecule has 5 saturated carbocycles. The second-order valence-corrected chi connectivity index (χ2v) is 30.5. The standard InChI is InChI=1S/C61H100O30/c1-21-32(65)37(70)41(74)50(81-21)89-44-39(72)33(66)22(2)82-52(44)90-45-40(73)35(68)26(20-63)86-53(45)83-23-16-24(84-51-42(75)38(71)34(67)25(19-62)85-51)49(88-43(36(23)69)48(78)79)87-31-12-13-57(7)27(56(31,5)6)10-14-58(8)28(57)11-15-60-29-17-55(3,4)46(76)47(77)61(29,54(80)91-60)30(64)18-59(58,60)9/h21-47,49-54,62-77,80H,10-20H2,1-9H3,(H,78,79)/t21?,22?,23?,24?,25?,26?,27?,28?,29?,30-,31+,32+,33+,34+,35+,36?,37?,38?,39?,40?,41?,42?,43?,44?,45?,46+,47+,49-,50+,51-,52+,53-,54+,57+,58-,59+,60+,61-/m1/s1. The lowest BCUT2D eigenvalue weighted by atomic mass is 9.30. The molecule has 30 nitrogen and oxygen atoms in total. The number of hydrogen-bond acceptors (Lipinski definition) is 29. The van der Waals surface area contributed by atoms with Gasteiger partial charge in [0.2, 0.25) is 0 Å². The predicted octanol–water partition coefficient (Wildman–Crippen LogP) is -4.73. The lowest BCUT2D eigenvalue weighted by molar-refractivity contribution is -0.394. The fourth-order valence-electron chi connectivity index (χ4n) is 19.8. The molecule has 524 valence electrons. The summed E-state index contributed by atoms with van der Waals surface area (Å²) in [7, 11) is 0. The first-order valence-electron chi connectivity index (χ1n) is 32.3. The Balaban J connectivity index is 0.892. The maximum atomic E-state index is 13.5. The van der Waals surface area contributed by atoms with Gasteiger partial charge < -0.3 is 144 Å². The third kappa shape index (κ3) is 10.8. The van der Waals surface area contributed by atoms with Gasteiger partial charge >= 0.3 is 5.97 Å². The van der Waals surface area contributed by atoms with Crippen molar-refractivity contribution in [3.05, 3.63) is 0 Å². The fourth-order valence-corrected chi connectivity index (χ4v) is 19.8. The zero-order chi connectivity index (χ0) is 66.7. The molecule has 6 aliphatic heterocycles. The lowest BCUT2D eigenvalue weighted by Gasteiger charge is -2.75. The molecule has 11 aliphatic rings. The molecule has 91 heavy (non-hydrogen) atoms. The Morgan fingerprint density at radius 1 is 0.484 bits per heavy atom. The van der Waals surface area contributed by atoms with Crippen LogP contribution in [0.1, 0.15) is 120 Å². The maximum absolute atomic E-state index is 13.5. The van der Waals surface area contributed by atoms with E-state index in [-0.39, 0.29) is 18.3 Å². The summed E-state index contributed by atoms with van der Waals surface area (Å²) in [6.45, 7) is 15.3. The van der Waals surface area contributed by atoms with E-state index < -0.39 is 254 Å². The summed E-state index contributed by atoms with van der Waals surface area (Å²) in [5, 5.41) is 202.